The molecule has 0 aliphatic carbocycles. The molecule has 1 saturated heterocycles. The first kappa shape index (κ1) is 14.4. The highest BCUT2D eigenvalue weighted by molar-refractivity contribution is 9.10. The van der Waals surface area contributed by atoms with E-state index in [4.69, 9.17) is 0 Å². The van der Waals surface area contributed by atoms with Crippen molar-refractivity contribution >= 4 is 21.6 Å². The zero-order valence-corrected chi connectivity index (χ0v) is 13.5. The molecule has 2 nitrogen and oxygen atoms in total. The minimum Gasteiger partial charge on any atom is -0.370 e. The predicted molar refractivity (Wildman–Crippen MR) is 83.2 cm³/mol. The van der Waals surface area contributed by atoms with E-state index < -0.39 is 0 Å². The van der Waals surface area contributed by atoms with Crippen molar-refractivity contribution in [1.29, 1.82) is 5.26 Å². The van der Waals surface area contributed by atoms with Crippen LogP contribution in [-0.4, -0.2) is 13.1 Å². The zero-order chi connectivity index (χ0) is 14.0. The summed E-state index contributed by atoms with van der Waals surface area (Å²) in [6.45, 7) is 9.09. The third kappa shape index (κ3) is 3.30. The summed E-state index contributed by atoms with van der Waals surface area (Å²) in [5.74, 6) is 0.782. The average Bonchev–Trinajstić information content (AvgIpc) is 2.37. The fourth-order valence-corrected chi connectivity index (χ4v) is 3.22. The molecule has 102 valence electrons. The Bertz CT molecular complexity index is 488. The number of rotatable bonds is 1. The second kappa shape index (κ2) is 5.54. The number of halogens is 1. The summed E-state index contributed by atoms with van der Waals surface area (Å²) in [5, 5.41) is 9.26. The molecule has 0 spiro atoms. The van der Waals surface area contributed by atoms with E-state index in [9.17, 15) is 5.26 Å². The number of nitrogens with zero attached hydrogens (tertiary/aromatic N) is 2. The second-order valence-electron chi connectivity index (χ2n) is 6.40. The van der Waals surface area contributed by atoms with Crippen LogP contribution in [0.3, 0.4) is 0 Å². The van der Waals surface area contributed by atoms with Crippen molar-refractivity contribution in [3.05, 3.63) is 28.2 Å². The van der Waals surface area contributed by atoms with Gasteiger partial charge in [0.25, 0.3) is 0 Å². The summed E-state index contributed by atoms with van der Waals surface area (Å²) < 4.78 is 0.970. The van der Waals surface area contributed by atoms with Crippen molar-refractivity contribution < 1.29 is 0 Å². The van der Waals surface area contributed by atoms with E-state index in [0.29, 0.717) is 5.41 Å². The Morgan fingerprint density at radius 1 is 1.26 bits per heavy atom. The number of benzene rings is 1. The lowest BCUT2D eigenvalue weighted by atomic mass is 9.75. The summed E-state index contributed by atoms with van der Waals surface area (Å²) in [7, 11) is 0. The monoisotopic (exact) mass is 320 g/mol. The summed E-state index contributed by atoms with van der Waals surface area (Å²) >= 11 is 3.43. The predicted octanol–water partition coefficient (Wildman–Crippen LogP) is 4.58. The van der Waals surface area contributed by atoms with Gasteiger partial charge < -0.3 is 4.90 Å². The van der Waals surface area contributed by atoms with E-state index in [1.807, 2.05) is 12.1 Å². The quantitative estimate of drug-likeness (QED) is 0.757. The topological polar surface area (TPSA) is 27.0 Å². The molecule has 1 aromatic rings. The van der Waals surface area contributed by atoms with Gasteiger partial charge in [0.2, 0.25) is 0 Å². The van der Waals surface area contributed by atoms with Gasteiger partial charge in [-0.25, -0.2) is 0 Å². The fourth-order valence-electron chi connectivity index (χ4n) is 2.86. The smallest absolute Gasteiger partial charge is 0.101 e. The van der Waals surface area contributed by atoms with E-state index in [1.165, 1.54) is 12.8 Å². The highest BCUT2D eigenvalue weighted by atomic mass is 79.9. The highest BCUT2D eigenvalue weighted by Gasteiger charge is 2.29. The van der Waals surface area contributed by atoms with Gasteiger partial charge in [0.05, 0.1) is 11.3 Å². The molecular weight excluding hydrogens is 300 g/mol. The summed E-state index contributed by atoms with van der Waals surface area (Å²) in [4.78, 5) is 2.35. The minimum absolute atomic E-state index is 0.393. The fraction of sp³-hybridized carbons (Fsp3) is 0.562. The summed E-state index contributed by atoms with van der Waals surface area (Å²) in [6.07, 6.45) is 2.43. The van der Waals surface area contributed by atoms with Crippen LogP contribution in [0.4, 0.5) is 5.69 Å². The Morgan fingerprint density at radius 2 is 1.89 bits per heavy atom. The molecule has 2 rings (SSSR count). The lowest BCUT2D eigenvalue weighted by molar-refractivity contribution is 0.199. The normalized spacial score (nSPS) is 17.3. The SMILES string of the molecule is CC(C)(C)C1CCN(c2ccc(Br)cc2C#N)CC1. The van der Waals surface area contributed by atoms with Gasteiger partial charge in [-0.05, 0) is 42.4 Å². The largest absolute Gasteiger partial charge is 0.370 e. The highest BCUT2D eigenvalue weighted by Crippen LogP contribution is 2.36. The minimum atomic E-state index is 0.393. The molecule has 1 fully saturated rings. The van der Waals surface area contributed by atoms with E-state index in [-0.39, 0.29) is 0 Å². The van der Waals surface area contributed by atoms with Crippen LogP contribution >= 0.6 is 15.9 Å². The molecule has 1 heterocycles. The van der Waals surface area contributed by atoms with Crippen LogP contribution in [0.25, 0.3) is 0 Å². The van der Waals surface area contributed by atoms with Crippen molar-refractivity contribution in [2.24, 2.45) is 11.3 Å². The third-order valence-electron chi connectivity index (χ3n) is 4.14. The Kier molecular flexibility index (Phi) is 4.20. The molecule has 0 unspecified atom stereocenters. The molecule has 19 heavy (non-hydrogen) atoms. The number of nitriles is 1. The van der Waals surface area contributed by atoms with Crippen LogP contribution in [0.15, 0.2) is 22.7 Å². The van der Waals surface area contributed by atoms with Gasteiger partial charge in [-0.1, -0.05) is 36.7 Å². The maximum Gasteiger partial charge on any atom is 0.101 e. The van der Waals surface area contributed by atoms with Crippen LogP contribution in [0.2, 0.25) is 0 Å². The molecule has 0 amide bonds. The van der Waals surface area contributed by atoms with Gasteiger partial charge in [-0.2, -0.15) is 5.26 Å². The van der Waals surface area contributed by atoms with Gasteiger partial charge in [0, 0.05) is 17.6 Å². The lowest BCUT2D eigenvalue weighted by Crippen LogP contribution is -2.38. The maximum atomic E-state index is 9.26. The first-order valence-corrected chi connectivity index (χ1v) is 7.65. The maximum absolute atomic E-state index is 9.26. The molecule has 1 aliphatic heterocycles. The lowest BCUT2D eigenvalue weighted by Gasteiger charge is -2.40. The standard InChI is InChI=1S/C16H21BrN2/c1-16(2,3)13-6-8-19(9-7-13)15-5-4-14(17)10-12(15)11-18/h4-5,10,13H,6-9H2,1-3H3. The van der Waals surface area contributed by atoms with Gasteiger partial charge in [-0.15, -0.1) is 0 Å². The van der Waals surface area contributed by atoms with Gasteiger partial charge in [-0.3, -0.25) is 0 Å². The van der Waals surface area contributed by atoms with E-state index in [1.54, 1.807) is 0 Å². The molecule has 0 bridgehead atoms. The van der Waals surface area contributed by atoms with Crippen LogP contribution in [0.1, 0.15) is 39.2 Å². The number of anilines is 1. The van der Waals surface area contributed by atoms with E-state index in [2.05, 4.69) is 53.7 Å². The molecule has 1 aromatic carbocycles. The third-order valence-corrected chi connectivity index (χ3v) is 4.63. The van der Waals surface area contributed by atoms with Crippen molar-refractivity contribution in [1.82, 2.24) is 0 Å². The first-order chi connectivity index (χ1) is 8.91. The first-order valence-electron chi connectivity index (χ1n) is 6.86. The van der Waals surface area contributed by atoms with Crippen molar-refractivity contribution in [2.75, 3.05) is 18.0 Å². The molecule has 0 saturated carbocycles. The molecular formula is C16H21BrN2. The summed E-state index contributed by atoms with van der Waals surface area (Å²) in [5.41, 5.74) is 2.24. The van der Waals surface area contributed by atoms with E-state index >= 15 is 0 Å². The molecule has 1 aliphatic rings. The Labute approximate surface area is 124 Å². The van der Waals surface area contributed by atoms with Crippen molar-refractivity contribution in [3.8, 4) is 6.07 Å². The number of hydrogen-bond acceptors (Lipinski definition) is 2. The van der Waals surface area contributed by atoms with Gasteiger partial charge >= 0.3 is 0 Å². The molecule has 0 N–H and O–H groups in total. The Balaban J connectivity index is 2.12. The van der Waals surface area contributed by atoms with Gasteiger partial charge in [0.15, 0.2) is 0 Å². The Hall–Kier alpha value is -1.01. The molecule has 3 heteroatoms. The van der Waals surface area contributed by atoms with Crippen LogP contribution in [0.5, 0.6) is 0 Å². The van der Waals surface area contributed by atoms with Crippen molar-refractivity contribution in [3.63, 3.8) is 0 Å². The molecule has 0 aromatic heterocycles. The Morgan fingerprint density at radius 3 is 2.42 bits per heavy atom. The van der Waals surface area contributed by atoms with Crippen LogP contribution in [-0.2, 0) is 0 Å². The summed E-state index contributed by atoms with van der Waals surface area (Å²) in [6, 6.07) is 8.29. The second-order valence-corrected chi connectivity index (χ2v) is 7.32. The van der Waals surface area contributed by atoms with Crippen LogP contribution < -0.4 is 4.90 Å². The average molecular weight is 321 g/mol. The van der Waals surface area contributed by atoms with E-state index in [0.717, 1.165) is 34.7 Å². The van der Waals surface area contributed by atoms with Gasteiger partial charge in [0.1, 0.15) is 6.07 Å². The zero-order valence-electron chi connectivity index (χ0n) is 11.9. The molecule has 0 atom stereocenters. The number of hydrogen-bond donors (Lipinski definition) is 0. The number of piperidine rings is 1. The van der Waals surface area contributed by atoms with Crippen LogP contribution in [0, 0.1) is 22.7 Å². The molecule has 0 radical (unpaired) electrons. The van der Waals surface area contributed by atoms with Crippen molar-refractivity contribution in [2.45, 2.75) is 33.6 Å².